The van der Waals surface area contributed by atoms with Gasteiger partial charge in [-0.3, -0.25) is 19.7 Å². The van der Waals surface area contributed by atoms with Gasteiger partial charge >= 0.3 is 11.9 Å². The number of non-ortho nitro benzene ring substituents is 1. The zero-order chi connectivity index (χ0) is 22.5. The molecule has 0 aliphatic rings. The van der Waals surface area contributed by atoms with Crippen molar-refractivity contribution in [3.63, 3.8) is 0 Å². The second kappa shape index (κ2) is 9.30. The average molecular weight is 443 g/mol. The van der Waals surface area contributed by atoms with Crippen molar-refractivity contribution in [1.82, 2.24) is 4.57 Å². The molecule has 0 atom stereocenters. The number of fused-ring (bicyclic) bond motifs is 1. The third-order valence-corrected chi connectivity index (χ3v) is 5.28. The molecule has 0 unspecified atom stereocenters. The van der Waals surface area contributed by atoms with Crippen molar-refractivity contribution in [2.75, 3.05) is 13.7 Å². The highest BCUT2D eigenvalue weighted by molar-refractivity contribution is 7.16. The number of thiazole rings is 1. The Morgan fingerprint density at radius 3 is 2.42 bits per heavy atom. The van der Waals surface area contributed by atoms with Crippen LogP contribution in [0.2, 0.25) is 0 Å². The molecule has 1 amide bonds. The Balaban J connectivity index is 2.07. The van der Waals surface area contributed by atoms with Crippen LogP contribution in [0, 0.1) is 10.1 Å². The number of aromatic nitrogens is 1. The first-order chi connectivity index (χ1) is 14.8. The maximum atomic E-state index is 12.7. The maximum absolute atomic E-state index is 12.7. The Morgan fingerprint density at radius 2 is 1.81 bits per heavy atom. The fraction of sp³-hybridized carbons (Fsp3) is 0.200. The Morgan fingerprint density at radius 1 is 1.13 bits per heavy atom. The van der Waals surface area contributed by atoms with Gasteiger partial charge in [-0.15, -0.1) is 0 Å². The highest BCUT2D eigenvalue weighted by Crippen LogP contribution is 2.23. The van der Waals surface area contributed by atoms with Crippen LogP contribution in [0.5, 0.6) is 0 Å². The van der Waals surface area contributed by atoms with Crippen molar-refractivity contribution < 1.29 is 28.8 Å². The monoisotopic (exact) mass is 443 g/mol. The number of nitro benzene ring substituents is 1. The first-order valence-electron chi connectivity index (χ1n) is 9.05. The molecule has 1 aromatic heterocycles. The zero-order valence-electron chi connectivity index (χ0n) is 16.6. The minimum atomic E-state index is -0.602. The highest BCUT2D eigenvalue weighted by atomic mass is 32.1. The van der Waals surface area contributed by atoms with E-state index in [2.05, 4.69) is 9.73 Å². The quantitative estimate of drug-likeness (QED) is 0.325. The van der Waals surface area contributed by atoms with Gasteiger partial charge < -0.3 is 14.0 Å². The predicted octanol–water partition coefficient (Wildman–Crippen LogP) is 2.70. The van der Waals surface area contributed by atoms with E-state index in [9.17, 15) is 24.5 Å². The van der Waals surface area contributed by atoms with Crippen LogP contribution in [-0.2, 0) is 20.8 Å². The van der Waals surface area contributed by atoms with Gasteiger partial charge in [-0.2, -0.15) is 4.99 Å². The number of rotatable bonds is 6. The number of methoxy groups -OCH3 is 1. The lowest BCUT2D eigenvalue weighted by Crippen LogP contribution is -2.23. The number of ether oxygens (including phenoxy) is 2. The van der Waals surface area contributed by atoms with Gasteiger partial charge in [0.05, 0.1) is 34.4 Å². The first-order valence-corrected chi connectivity index (χ1v) is 9.86. The predicted molar refractivity (Wildman–Crippen MR) is 111 cm³/mol. The maximum Gasteiger partial charge on any atom is 0.337 e. The number of esters is 2. The standard InChI is InChI=1S/C20H17N3O7S/c1-3-30-17(24)11-22-15-10-14(23(27)28)8-9-16(15)31-20(22)21-18(25)12-4-6-13(7-5-12)19(26)29-2/h4-10H,3,11H2,1-2H3. The molecule has 0 spiro atoms. The van der Waals surface area contributed by atoms with Gasteiger partial charge in [-0.05, 0) is 37.3 Å². The topological polar surface area (TPSA) is 130 Å². The number of nitro groups is 1. The second-order valence-electron chi connectivity index (χ2n) is 6.17. The van der Waals surface area contributed by atoms with Gasteiger partial charge in [-0.25, -0.2) is 4.79 Å². The number of hydrogen-bond donors (Lipinski definition) is 0. The summed E-state index contributed by atoms with van der Waals surface area (Å²) in [4.78, 5) is 51.2. The van der Waals surface area contributed by atoms with Crippen LogP contribution in [0.15, 0.2) is 47.5 Å². The number of nitrogens with zero attached hydrogens (tertiary/aromatic N) is 3. The molecule has 0 saturated heterocycles. The molecule has 0 aliphatic heterocycles. The Hall–Kier alpha value is -3.86. The van der Waals surface area contributed by atoms with Crippen LogP contribution in [0.4, 0.5) is 5.69 Å². The van der Waals surface area contributed by atoms with Gasteiger partial charge in [0, 0.05) is 17.7 Å². The normalized spacial score (nSPS) is 11.4. The summed E-state index contributed by atoms with van der Waals surface area (Å²) >= 11 is 1.11. The lowest BCUT2D eigenvalue weighted by molar-refractivity contribution is -0.384. The smallest absolute Gasteiger partial charge is 0.337 e. The molecule has 0 aliphatic carbocycles. The minimum absolute atomic E-state index is 0.154. The van der Waals surface area contributed by atoms with Gasteiger partial charge in [0.15, 0.2) is 4.80 Å². The van der Waals surface area contributed by atoms with E-state index in [0.717, 1.165) is 11.3 Å². The SMILES string of the molecule is CCOC(=O)Cn1c(=NC(=O)c2ccc(C(=O)OC)cc2)sc2ccc([N+](=O)[O-])cc21. The Bertz CT molecular complexity index is 1240. The van der Waals surface area contributed by atoms with E-state index in [1.54, 1.807) is 6.92 Å². The molecule has 160 valence electrons. The summed E-state index contributed by atoms with van der Waals surface area (Å²) in [6.45, 7) is 1.56. The van der Waals surface area contributed by atoms with E-state index in [1.165, 1.54) is 54.1 Å². The van der Waals surface area contributed by atoms with Crippen molar-refractivity contribution in [1.29, 1.82) is 0 Å². The summed E-state index contributed by atoms with van der Waals surface area (Å²) in [7, 11) is 1.25. The van der Waals surface area contributed by atoms with Crippen LogP contribution < -0.4 is 4.80 Å². The molecule has 0 radical (unpaired) electrons. The van der Waals surface area contributed by atoms with Crippen LogP contribution in [0.25, 0.3) is 10.2 Å². The van der Waals surface area contributed by atoms with Crippen molar-refractivity contribution in [3.8, 4) is 0 Å². The summed E-state index contributed by atoms with van der Waals surface area (Å²) in [6.07, 6.45) is 0. The Kier molecular flexibility index (Phi) is 6.55. The molecule has 11 heteroatoms. The second-order valence-corrected chi connectivity index (χ2v) is 7.18. The van der Waals surface area contributed by atoms with Gasteiger partial charge in [0.25, 0.3) is 11.6 Å². The highest BCUT2D eigenvalue weighted by Gasteiger charge is 2.16. The summed E-state index contributed by atoms with van der Waals surface area (Å²) in [5, 5.41) is 11.1. The van der Waals surface area contributed by atoms with E-state index in [-0.39, 0.29) is 34.8 Å². The largest absolute Gasteiger partial charge is 0.465 e. The summed E-state index contributed by atoms with van der Waals surface area (Å²) in [5.41, 5.74) is 0.739. The fourth-order valence-electron chi connectivity index (χ4n) is 2.76. The van der Waals surface area contributed by atoms with Crippen molar-refractivity contribution in [3.05, 3.63) is 68.5 Å². The lowest BCUT2D eigenvalue weighted by Gasteiger charge is -2.05. The Labute approximate surface area is 179 Å². The van der Waals surface area contributed by atoms with Crippen LogP contribution >= 0.6 is 11.3 Å². The molecule has 3 aromatic rings. The molecule has 10 nitrogen and oxygen atoms in total. The van der Waals surface area contributed by atoms with Crippen LogP contribution in [0.1, 0.15) is 27.6 Å². The number of amides is 1. The van der Waals surface area contributed by atoms with Crippen LogP contribution in [-0.4, -0.2) is 41.1 Å². The van der Waals surface area contributed by atoms with Gasteiger partial charge in [0.1, 0.15) is 6.54 Å². The van der Waals surface area contributed by atoms with Crippen LogP contribution in [0.3, 0.4) is 0 Å². The average Bonchev–Trinajstić information content (AvgIpc) is 3.09. The lowest BCUT2D eigenvalue weighted by atomic mass is 10.1. The van der Waals surface area contributed by atoms with E-state index in [1.807, 2.05) is 0 Å². The molecular formula is C20H17N3O7S. The molecule has 0 bridgehead atoms. The van der Waals surface area contributed by atoms with E-state index in [0.29, 0.717) is 10.2 Å². The van der Waals surface area contributed by atoms with Gasteiger partial charge in [-0.1, -0.05) is 11.3 Å². The number of carbonyl (C=O) groups excluding carboxylic acids is 3. The zero-order valence-corrected chi connectivity index (χ0v) is 17.4. The van der Waals surface area contributed by atoms with Crippen molar-refractivity contribution in [2.24, 2.45) is 4.99 Å². The van der Waals surface area contributed by atoms with Crippen molar-refractivity contribution in [2.45, 2.75) is 13.5 Å². The van der Waals surface area contributed by atoms with E-state index in [4.69, 9.17) is 4.74 Å². The molecule has 0 N–H and O–H groups in total. The molecule has 3 rings (SSSR count). The number of hydrogen-bond acceptors (Lipinski definition) is 8. The summed E-state index contributed by atoms with van der Waals surface area (Å²) in [5.74, 6) is -1.70. The minimum Gasteiger partial charge on any atom is -0.465 e. The first kappa shape index (κ1) is 21.8. The van der Waals surface area contributed by atoms with Crippen molar-refractivity contribution >= 4 is 45.1 Å². The third kappa shape index (κ3) is 4.83. The van der Waals surface area contributed by atoms with Gasteiger partial charge in [0.2, 0.25) is 0 Å². The molecule has 1 heterocycles. The number of carbonyl (C=O) groups is 3. The molecular weight excluding hydrogens is 426 g/mol. The molecule has 2 aromatic carbocycles. The van der Waals surface area contributed by atoms with E-state index >= 15 is 0 Å². The van der Waals surface area contributed by atoms with E-state index < -0.39 is 22.8 Å². The molecule has 31 heavy (non-hydrogen) atoms. The summed E-state index contributed by atoms with van der Waals surface area (Å²) < 4.78 is 11.6. The fourth-order valence-corrected chi connectivity index (χ4v) is 3.77. The molecule has 0 saturated carbocycles. The summed E-state index contributed by atoms with van der Waals surface area (Å²) in [6, 6.07) is 9.95. The third-order valence-electron chi connectivity index (χ3n) is 4.22. The number of benzene rings is 2. The molecule has 0 fully saturated rings.